The maximum atomic E-state index is 6.20. The summed E-state index contributed by atoms with van der Waals surface area (Å²) in [6.07, 6.45) is 9.38. The number of ether oxygens (including phenoxy) is 4. The number of hydrogen-bond acceptors (Lipinski definition) is 4. The number of rotatable bonds is 12. The average molecular weight is 479 g/mol. The Morgan fingerprint density at radius 1 is 0.800 bits per heavy atom. The zero-order chi connectivity index (χ0) is 24.8. The average Bonchev–Trinajstić information content (AvgIpc) is 2.89. The second kappa shape index (κ2) is 11.7. The second-order valence-electron chi connectivity index (χ2n) is 9.27. The van der Waals surface area contributed by atoms with Crippen LogP contribution >= 0.6 is 0 Å². The fraction of sp³-hybridized carbons (Fsp3) is 0.500. The molecule has 2 aromatic carbocycles. The topological polar surface area (TPSA) is 40.8 Å². The number of hydrogen-bond donors (Lipinski definition) is 0. The first kappa shape index (κ1) is 25.2. The lowest BCUT2D eigenvalue weighted by Crippen LogP contribution is -2.44. The molecule has 0 N–H and O–H groups in total. The number of methoxy groups -OCH3 is 3. The molecule has 0 saturated heterocycles. The highest BCUT2D eigenvalue weighted by Crippen LogP contribution is 2.41. The summed E-state index contributed by atoms with van der Waals surface area (Å²) < 4.78 is 25.8. The molecule has 0 amide bonds. The molecule has 188 valence electrons. The predicted octanol–water partition coefficient (Wildman–Crippen LogP) is 6.68. The summed E-state index contributed by atoms with van der Waals surface area (Å²) in [5.41, 5.74) is 5.00. The van der Waals surface area contributed by atoms with Gasteiger partial charge in [0, 0.05) is 18.9 Å². The summed E-state index contributed by atoms with van der Waals surface area (Å²) in [6.45, 7) is 6.11. The lowest BCUT2D eigenvalue weighted by molar-refractivity contribution is -0.693. The van der Waals surface area contributed by atoms with E-state index in [1.807, 2.05) is 6.07 Å². The van der Waals surface area contributed by atoms with E-state index in [0.717, 1.165) is 66.2 Å². The van der Waals surface area contributed by atoms with Gasteiger partial charge in [-0.3, -0.25) is 0 Å². The SMILES string of the molecule is CCCCCCCCOc1cc2c(cc1OC)-c1cc3ccc(OC)c(OC)c3c(CC)[n+]1CC2. The smallest absolute Gasteiger partial charge is 0.213 e. The number of aryl methyl sites for hydroxylation is 2. The van der Waals surface area contributed by atoms with Crippen molar-refractivity contribution in [2.45, 2.75) is 71.8 Å². The van der Waals surface area contributed by atoms with E-state index in [9.17, 15) is 0 Å². The summed E-state index contributed by atoms with van der Waals surface area (Å²) in [5, 5.41) is 2.29. The molecule has 4 rings (SSSR count). The van der Waals surface area contributed by atoms with Gasteiger partial charge in [0.05, 0.1) is 38.9 Å². The molecule has 5 nitrogen and oxygen atoms in total. The first-order valence-electron chi connectivity index (χ1n) is 13.1. The number of benzene rings is 2. The highest BCUT2D eigenvalue weighted by Gasteiger charge is 2.31. The van der Waals surface area contributed by atoms with Crippen LogP contribution in [0.4, 0.5) is 0 Å². The molecule has 0 saturated carbocycles. The zero-order valence-corrected chi connectivity index (χ0v) is 22.0. The molecule has 3 aromatic rings. The van der Waals surface area contributed by atoms with Gasteiger partial charge in [-0.25, -0.2) is 0 Å². The van der Waals surface area contributed by atoms with Crippen LogP contribution in [-0.2, 0) is 19.4 Å². The van der Waals surface area contributed by atoms with Crippen LogP contribution in [0.5, 0.6) is 23.0 Å². The number of nitrogens with zero attached hydrogens (tertiary/aromatic N) is 1. The first-order chi connectivity index (χ1) is 17.2. The molecular weight excluding hydrogens is 438 g/mol. The Balaban J connectivity index is 1.67. The molecule has 0 bridgehead atoms. The Kier molecular flexibility index (Phi) is 8.37. The molecule has 0 atom stereocenters. The summed E-state index contributed by atoms with van der Waals surface area (Å²) in [5.74, 6) is 3.23. The van der Waals surface area contributed by atoms with Crippen molar-refractivity contribution in [3.8, 4) is 34.3 Å². The molecule has 0 unspecified atom stereocenters. The maximum Gasteiger partial charge on any atom is 0.213 e. The van der Waals surface area contributed by atoms with E-state index in [1.54, 1.807) is 21.3 Å². The summed E-state index contributed by atoms with van der Waals surface area (Å²) in [7, 11) is 5.13. The van der Waals surface area contributed by atoms with Gasteiger partial charge in [0.15, 0.2) is 35.2 Å². The highest BCUT2D eigenvalue weighted by atomic mass is 16.5. The van der Waals surface area contributed by atoms with Gasteiger partial charge in [0.25, 0.3) is 0 Å². The van der Waals surface area contributed by atoms with Crippen molar-refractivity contribution >= 4 is 10.8 Å². The Bertz CT molecular complexity index is 1170. The van der Waals surface area contributed by atoms with Gasteiger partial charge in [-0.2, -0.15) is 4.57 Å². The largest absolute Gasteiger partial charge is 0.493 e. The number of fused-ring (bicyclic) bond motifs is 4. The van der Waals surface area contributed by atoms with E-state index < -0.39 is 0 Å². The van der Waals surface area contributed by atoms with Gasteiger partial charge in [-0.1, -0.05) is 46.0 Å². The van der Waals surface area contributed by atoms with Crippen LogP contribution in [0, 0.1) is 0 Å². The molecule has 0 spiro atoms. The quantitative estimate of drug-likeness (QED) is 0.215. The van der Waals surface area contributed by atoms with Crippen LogP contribution in [0.1, 0.15) is 63.6 Å². The minimum Gasteiger partial charge on any atom is -0.493 e. The van der Waals surface area contributed by atoms with E-state index in [2.05, 4.69) is 42.7 Å². The third kappa shape index (κ3) is 5.05. The van der Waals surface area contributed by atoms with Crippen LogP contribution in [0.2, 0.25) is 0 Å². The van der Waals surface area contributed by atoms with E-state index >= 15 is 0 Å². The summed E-state index contributed by atoms with van der Waals surface area (Å²) in [6, 6.07) is 10.7. The Morgan fingerprint density at radius 3 is 2.29 bits per heavy atom. The Hall–Kier alpha value is -2.95. The van der Waals surface area contributed by atoms with Gasteiger partial charge >= 0.3 is 0 Å². The summed E-state index contributed by atoms with van der Waals surface area (Å²) >= 11 is 0. The molecule has 1 aliphatic heterocycles. The highest BCUT2D eigenvalue weighted by molar-refractivity contribution is 5.94. The molecule has 0 fully saturated rings. The molecule has 5 heteroatoms. The molecule has 1 aromatic heterocycles. The molecule has 0 aliphatic carbocycles. The van der Waals surface area contributed by atoms with Crippen molar-refractivity contribution in [3.63, 3.8) is 0 Å². The lowest BCUT2D eigenvalue weighted by Gasteiger charge is -2.21. The monoisotopic (exact) mass is 478 g/mol. The van der Waals surface area contributed by atoms with E-state index in [1.165, 1.54) is 54.6 Å². The zero-order valence-electron chi connectivity index (χ0n) is 22.0. The number of unbranched alkanes of at least 4 members (excludes halogenated alkanes) is 5. The van der Waals surface area contributed by atoms with Crippen LogP contribution in [0.25, 0.3) is 22.0 Å². The first-order valence-corrected chi connectivity index (χ1v) is 13.1. The van der Waals surface area contributed by atoms with Crippen molar-refractivity contribution in [2.75, 3.05) is 27.9 Å². The molecule has 1 aliphatic rings. The van der Waals surface area contributed by atoms with Crippen molar-refractivity contribution in [1.82, 2.24) is 0 Å². The normalized spacial score (nSPS) is 12.3. The molecular formula is C30H40NO4+. The van der Waals surface area contributed by atoms with Crippen LogP contribution in [0.3, 0.4) is 0 Å². The number of aromatic nitrogens is 1. The maximum absolute atomic E-state index is 6.20. The lowest BCUT2D eigenvalue weighted by atomic mass is 9.93. The third-order valence-electron chi connectivity index (χ3n) is 7.14. The number of pyridine rings is 1. The fourth-order valence-corrected chi connectivity index (χ4v) is 5.33. The molecule has 35 heavy (non-hydrogen) atoms. The van der Waals surface area contributed by atoms with Crippen LogP contribution in [0.15, 0.2) is 30.3 Å². The Labute approximate surface area is 210 Å². The van der Waals surface area contributed by atoms with Gasteiger partial charge in [0.1, 0.15) is 0 Å². The van der Waals surface area contributed by atoms with E-state index in [0.29, 0.717) is 0 Å². The summed E-state index contributed by atoms with van der Waals surface area (Å²) in [4.78, 5) is 0. The van der Waals surface area contributed by atoms with Crippen LogP contribution in [-0.4, -0.2) is 27.9 Å². The van der Waals surface area contributed by atoms with E-state index in [4.69, 9.17) is 18.9 Å². The minimum atomic E-state index is 0.735. The Morgan fingerprint density at radius 2 is 1.57 bits per heavy atom. The van der Waals surface area contributed by atoms with Crippen molar-refractivity contribution in [2.24, 2.45) is 0 Å². The third-order valence-corrected chi connectivity index (χ3v) is 7.14. The van der Waals surface area contributed by atoms with Crippen molar-refractivity contribution in [3.05, 3.63) is 41.6 Å². The van der Waals surface area contributed by atoms with Gasteiger partial charge in [0.2, 0.25) is 5.69 Å². The molecule has 2 heterocycles. The molecule has 0 radical (unpaired) electrons. The minimum absolute atomic E-state index is 0.735. The van der Waals surface area contributed by atoms with Crippen molar-refractivity contribution in [1.29, 1.82) is 0 Å². The predicted molar refractivity (Wildman–Crippen MR) is 141 cm³/mol. The van der Waals surface area contributed by atoms with Gasteiger partial charge < -0.3 is 18.9 Å². The van der Waals surface area contributed by atoms with Crippen molar-refractivity contribution < 1.29 is 23.5 Å². The second-order valence-corrected chi connectivity index (χ2v) is 9.27. The van der Waals surface area contributed by atoms with Gasteiger partial charge in [-0.15, -0.1) is 0 Å². The van der Waals surface area contributed by atoms with E-state index in [-0.39, 0.29) is 0 Å². The fourth-order valence-electron chi connectivity index (χ4n) is 5.33. The standard InChI is InChI=1S/C30H40NO4/c1-6-8-9-10-11-12-17-35-28-19-21-15-16-31-24(7-2)29-22(13-14-26(32-3)30(29)34-5)18-25(31)23(21)20-27(28)33-4/h13-14,18-20H,6-12,15-17H2,1-5H3/q+1. The van der Waals surface area contributed by atoms with Crippen LogP contribution < -0.4 is 23.5 Å². The van der Waals surface area contributed by atoms with Gasteiger partial charge in [-0.05, 0) is 41.6 Å².